The summed E-state index contributed by atoms with van der Waals surface area (Å²) >= 11 is 0. The van der Waals surface area contributed by atoms with Crippen LogP contribution in [0.15, 0.2) is 60.9 Å². The van der Waals surface area contributed by atoms with E-state index in [0.717, 1.165) is 17.9 Å². The number of benzene rings is 1. The molecular formula is C14H12N4. The van der Waals surface area contributed by atoms with E-state index in [1.54, 1.807) is 10.9 Å². The summed E-state index contributed by atoms with van der Waals surface area (Å²) in [5.74, 6) is 0.782. The molecule has 0 aliphatic heterocycles. The Morgan fingerprint density at radius 3 is 2.56 bits per heavy atom. The monoisotopic (exact) mass is 236 g/mol. The Hall–Kier alpha value is -2.49. The topological polar surface area (TPSA) is 43.6 Å². The molecule has 0 aliphatic rings. The minimum atomic E-state index is 0.782. The Morgan fingerprint density at radius 1 is 0.944 bits per heavy atom. The standard InChI is InChI=1S/C14H12N4/c1-2-6-12(7-3-1)10-13-11-18(17-16-13)14-8-4-5-9-15-14/h1-9,11H,10H2. The minimum absolute atomic E-state index is 0.782. The first kappa shape index (κ1) is 10.7. The van der Waals surface area contributed by atoms with Crippen LogP contribution in [0.2, 0.25) is 0 Å². The second-order valence-corrected chi connectivity index (χ2v) is 4.00. The summed E-state index contributed by atoms with van der Waals surface area (Å²) in [6, 6.07) is 15.9. The van der Waals surface area contributed by atoms with E-state index >= 15 is 0 Å². The van der Waals surface area contributed by atoms with Crippen molar-refractivity contribution in [3.05, 3.63) is 72.2 Å². The molecule has 18 heavy (non-hydrogen) atoms. The molecule has 0 saturated heterocycles. The third-order valence-electron chi connectivity index (χ3n) is 2.65. The molecule has 0 bridgehead atoms. The number of aromatic nitrogens is 4. The van der Waals surface area contributed by atoms with Gasteiger partial charge < -0.3 is 0 Å². The van der Waals surface area contributed by atoms with Crippen molar-refractivity contribution in [2.24, 2.45) is 0 Å². The normalized spacial score (nSPS) is 10.4. The largest absolute Gasteiger partial charge is 0.237 e. The zero-order valence-corrected chi connectivity index (χ0v) is 9.77. The predicted molar refractivity (Wildman–Crippen MR) is 68.4 cm³/mol. The zero-order chi connectivity index (χ0) is 12.2. The van der Waals surface area contributed by atoms with E-state index in [1.807, 2.05) is 42.6 Å². The number of rotatable bonds is 3. The van der Waals surface area contributed by atoms with Gasteiger partial charge in [0.05, 0.1) is 11.9 Å². The van der Waals surface area contributed by atoms with Gasteiger partial charge >= 0.3 is 0 Å². The fourth-order valence-corrected chi connectivity index (χ4v) is 1.79. The van der Waals surface area contributed by atoms with Gasteiger partial charge in [0, 0.05) is 12.6 Å². The third kappa shape index (κ3) is 2.27. The highest BCUT2D eigenvalue weighted by Crippen LogP contribution is 2.08. The Balaban J connectivity index is 1.82. The van der Waals surface area contributed by atoms with Gasteiger partial charge in [-0.3, -0.25) is 0 Å². The molecule has 2 aromatic heterocycles. The van der Waals surface area contributed by atoms with Gasteiger partial charge in [-0.05, 0) is 17.7 Å². The average Bonchev–Trinajstić information content (AvgIpc) is 2.89. The van der Waals surface area contributed by atoms with Crippen molar-refractivity contribution in [3.8, 4) is 5.82 Å². The van der Waals surface area contributed by atoms with Crippen LogP contribution in [0, 0.1) is 0 Å². The highest BCUT2D eigenvalue weighted by molar-refractivity contribution is 5.23. The molecule has 3 rings (SSSR count). The van der Waals surface area contributed by atoms with Crippen molar-refractivity contribution in [1.29, 1.82) is 0 Å². The zero-order valence-electron chi connectivity index (χ0n) is 9.77. The Morgan fingerprint density at radius 2 is 1.78 bits per heavy atom. The molecule has 0 aliphatic carbocycles. The molecule has 2 heterocycles. The first-order valence-corrected chi connectivity index (χ1v) is 5.78. The van der Waals surface area contributed by atoms with Crippen LogP contribution in [-0.4, -0.2) is 20.0 Å². The highest BCUT2D eigenvalue weighted by atomic mass is 15.4. The molecule has 0 radical (unpaired) electrons. The second kappa shape index (κ2) is 4.79. The fourth-order valence-electron chi connectivity index (χ4n) is 1.79. The molecule has 0 amide bonds. The summed E-state index contributed by atoms with van der Waals surface area (Å²) in [6.45, 7) is 0. The molecule has 4 nitrogen and oxygen atoms in total. The lowest BCUT2D eigenvalue weighted by atomic mass is 10.1. The summed E-state index contributed by atoms with van der Waals surface area (Å²) in [5, 5.41) is 8.25. The average molecular weight is 236 g/mol. The van der Waals surface area contributed by atoms with Crippen LogP contribution < -0.4 is 0 Å². The quantitative estimate of drug-likeness (QED) is 0.700. The molecule has 0 atom stereocenters. The maximum atomic E-state index is 4.23. The third-order valence-corrected chi connectivity index (χ3v) is 2.65. The molecular weight excluding hydrogens is 224 g/mol. The van der Waals surface area contributed by atoms with E-state index in [1.165, 1.54) is 5.56 Å². The summed E-state index contributed by atoms with van der Waals surface area (Å²) < 4.78 is 1.69. The van der Waals surface area contributed by atoms with Crippen molar-refractivity contribution in [2.75, 3.05) is 0 Å². The van der Waals surface area contributed by atoms with Gasteiger partial charge in [-0.1, -0.05) is 41.6 Å². The van der Waals surface area contributed by atoms with Crippen LogP contribution >= 0.6 is 0 Å². The molecule has 4 heteroatoms. The Kier molecular flexibility index (Phi) is 2.84. The maximum Gasteiger partial charge on any atom is 0.155 e. The number of hydrogen-bond acceptors (Lipinski definition) is 3. The van der Waals surface area contributed by atoms with Crippen LogP contribution in [0.25, 0.3) is 5.82 Å². The van der Waals surface area contributed by atoms with Crippen LogP contribution in [0.3, 0.4) is 0 Å². The van der Waals surface area contributed by atoms with Crippen molar-refractivity contribution in [3.63, 3.8) is 0 Å². The molecule has 88 valence electrons. The Bertz CT molecular complexity index is 617. The molecule has 0 fully saturated rings. The van der Waals surface area contributed by atoms with Crippen molar-refractivity contribution in [1.82, 2.24) is 20.0 Å². The highest BCUT2D eigenvalue weighted by Gasteiger charge is 2.03. The minimum Gasteiger partial charge on any atom is -0.237 e. The molecule has 1 aromatic carbocycles. The van der Waals surface area contributed by atoms with E-state index in [9.17, 15) is 0 Å². The van der Waals surface area contributed by atoms with Gasteiger partial charge in [-0.2, -0.15) is 0 Å². The lowest BCUT2D eigenvalue weighted by molar-refractivity contribution is 0.778. The van der Waals surface area contributed by atoms with Gasteiger partial charge in [-0.25, -0.2) is 9.67 Å². The second-order valence-electron chi connectivity index (χ2n) is 4.00. The smallest absolute Gasteiger partial charge is 0.155 e. The molecule has 0 N–H and O–H groups in total. The van der Waals surface area contributed by atoms with E-state index in [4.69, 9.17) is 0 Å². The SMILES string of the molecule is c1ccc(Cc2cn(-c3ccccn3)nn2)cc1. The number of pyridine rings is 1. The first-order valence-electron chi connectivity index (χ1n) is 5.78. The molecule has 0 unspecified atom stereocenters. The van der Waals surface area contributed by atoms with Gasteiger partial charge in [-0.15, -0.1) is 5.10 Å². The molecule has 3 aromatic rings. The van der Waals surface area contributed by atoms with E-state index < -0.39 is 0 Å². The van der Waals surface area contributed by atoms with Crippen LogP contribution in [0.1, 0.15) is 11.3 Å². The molecule has 0 saturated carbocycles. The van der Waals surface area contributed by atoms with Crippen molar-refractivity contribution >= 4 is 0 Å². The van der Waals surface area contributed by atoms with Gasteiger partial charge in [0.1, 0.15) is 0 Å². The summed E-state index contributed by atoms with van der Waals surface area (Å²) in [5.41, 5.74) is 2.16. The van der Waals surface area contributed by atoms with Crippen LogP contribution in [0.5, 0.6) is 0 Å². The van der Waals surface area contributed by atoms with Gasteiger partial charge in [0.15, 0.2) is 5.82 Å². The van der Waals surface area contributed by atoms with E-state index in [0.29, 0.717) is 0 Å². The van der Waals surface area contributed by atoms with Crippen molar-refractivity contribution < 1.29 is 0 Å². The van der Waals surface area contributed by atoms with Crippen LogP contribution in [0.4, 0.5) is 0 Å². The predicted octanol–water partition coefficient (Wildman–Crippen LogP) is 2.25. The van der Waals surface area contributed by atoms with Crippen molar-refractivity contribution in [2.45, 2.75) is 6.42 Å². The summed E-state index contributed by atoms with van der Waals surface area (Å²) in [4.78, 5) is 4.23. The molecule has 0 spiro atoms. The maximum absolute atomic E-state index is 4.23. The summed E-state index contributed by atoms with van der Waals surface area (Å²) in [7, 11) is 0. The Labute approximate surface area is 105 Å². The lowest BCUT2D eigenvalue weighted by Gasteiger charge is -1.97. The summed E-state index contributed by atoms with van der Waals surface area (Å²) in [6.07, 6.45) is 4.44. The number of hydrogen-bond donors (Lipinski definition) is 0. The lowest BCUT2D eigenvalue weighted by Crippen LogP contribution is -1.96. The van der Waals surface area contributed by atoms with E-state index in [-0.39, 0.29) is 0 Å². The number of nitrogens with zero attached hydrogens (tertiary/aromatic N) is 4. The van der Waals surface area contributed by atoms with Gasteiger partial charge in [0.2, 0.25) is 0 Å². The fraction of sp³-hybridized carbons (Fsp3) is 0.0714. The first-order chi connectivity index (χ1) is 8.92. The van der Waals surface area contributed by atoms with Gasteiger partial charge in [0.25, 0.3) is 0 Å². The van der Waals surface area contributed by atoms with E-state index in [2.05, 4.69) is 27.4 Å². The van der Waals surface area contributed by atoms with Crippen LogP contribution in [-0.2, 0) is 6.42 Å².